The van der Waals surface area contributed by atoms with Gasteiger partial charge in [0.05, 0.1) is 11.6 Å². The minimum Gasteiger partial charge on any atom is -0.366 e. The summed E-state index contributed by atoms with van der Waals surface area (Å²) in [6, 6.07) is 9.33. The summed E-state index contributed by atoms with van der Waals surface area (Å²) in [6.07, 6.45) is 4.18. The van der Waals surface area contributed by atoms with E-state index in [4.69, 9.17) is 17.3 Å². The van der Waals surface area contributed by atoms with Crippen LogP contribution >= 0.6 is 11.6 Å². The van der Waals surface area contributed by atoms with Crippen molar-refractivity contribution in [2.45, 2.75) is 12.5 Å². The largest absolute Gasteiger partial charge is 0.366 e. The van der Waals surface area contributed by atoms with Crippen LogP contribution in [0, 0.1) is 0 Å². The van der Waals surface area contributed by atoms with Gasteiger partial charge in [0.1, 0.15) is 17.4 Å². The van der Waals surface area contributed by atoms with Gasteiger partial charge in [0, 0.05) is 17.8 Å². The average molecular weight is 383 g/mol. The lowest BCUT2D eigenvalue weighted by Crippen LogP contribution is -2.41. The number of nitrogens with zero attached hydrogens (tertiary/aromatic N) is 4. The van der Waals surface area contributed by atoms with Crippen molar-refractivity contribution in [1.82, 2.24) is 19.9 Å². The summed E-state index contributed by atoms with van der Waals surface area (Å²) < 4.78 is 0. The second-order valence-corrected chi connectivity index (χ2v) is 6.98. The van der Waals surface area contributed by atoms with Crippen LogP contribution in [0.2, 0.25) is 5.02 Å². The second kappa shape index (κ2) is 7.46. The molecular weight excluding hydrogens is 364 g/mol. The third-order valence-corrected chi connectivity index (χ3v) is 5.01. The van der Waals surface area contributed by atoms with Crippen molar-refractivity contribution in [2.24, 2.45) is 5.73 Å². The van der Waals surface area contributed by atoms with Gasteiger partial charge >= 0.3 is 0 Å². The first kappa shape index (κ1) is 17.6. The maximum Gasteiger partial charge on any atom is 0.251 e. The lowest BCUT2D eigenvalue weighted by atomic mass is 10.0. The van der Waals surface area contributed by atoms with Crippen molar-refractivity contribution in [3.05, 3.63) is 59.0 Å². The van der Waals surface area contributed by atoms with E-state index in [1.54, 1.807) is 12.3 Å². The number of likely N-dealkylation sites (tertiary alicyclic amines) is 1. The minimum absolute atomic E-state index is 0.000277. The molecule has 0 aliphatic carbocycles. The SMILES string of the molecule is NC(=O)c1ccnc2c(NC(CN3CCC3)c3ccc(Cl)cc3)ncnc12. The highest BCUT2D eigenvalue weighted by Gasteiger charge is 2.22. The highest BCUT2D eigenvalue weighted by molar-refractivity contribution is 6.30. The molecule has 2 aromatic heterocycles. The molecule has 0 radical (unpaired) electrons. The second-order valence-electron chi connectivity index (χ2n) is 6.54. The normalized spacial score (nSPS) is 15.3. The molecular formula is C19H19ClN6O. The van der Waals surface area contributed by atoms with Crippen molar-refractivity contribution >= 4 is 34.4 Å². The van der Waals surface area contributed by atoms with Crippen molar-refractivity contribution in [1.29, 1.82) is 0 Å². The first-order valence-electron chi connectivity index (χ1n) is 8.75. The lowest BCUT2D eigenvalue weighted by molar-refractivity contribution is 0.100. The number of pyridine rings is 1. The Morgan fingerprint density at radius 1 is 1.15 bits per heavy atom. The van der Waals surface area contributed by atoms with E-state index in [1.165, 1.54) is 12.7 Å². The van der Waals surface area contributed by atoms with Gasteiger partial charge in [-0.3, -0.25) is 9.78 Å². The molecule has 1 aliphatic rings. The highest BCUT2D eigenvalue weighted by Crippen LogP contribution is 2.27. The van der Waals surface area contributed by atoms with Gasteiger partial charge in [-0.05, 0) is 43.3 Å². The van der Waals surface area contributed by atoms with Crippen LogP contribution in [0.25, 0.3) is 11.0 Å². The van der Waals surface area contributed by atoms with Gasteiger partial charge in [-0.25, -0.2) is 9.97 Å². The number of rotatable bonds is 6. The molecule has 7 nitrogen and oxygen atoms in total. The van der Waals surface area contributed by atoms with E-state index in [-0.39, 0.29) is 6.04 Å². The van der Waals surface area contributed by atoms with E-state index in [1.807, 2.05) is 24.3 Å². The fourth-order valence-corrected chi connectivity index (χ4v) is 3.31. The molecule has 1 amide bonds. The Kier molecular flexibility index (Phi) is 4.87. The number of hydrogen-bond donors (Lipinski definition) is 2. The predicted octanol–water partition coefficient (Wildman–Crippen LogP) is 2.64. The number of nitrogens with one attached hydrogen (secondary N) is 1. The number of halogens is 1. The lowest BCUT2D eigenvalue weighted by Gasteiger charge is -2.34. The Hall–Kier alpha value is -2.77. The number of aromatic nitrogens is 3. The standard InChI is InChI=1S/C19H19ClN6O/c20-13-4-2-12(3-5-13)15(10-26-8-1-9-26)25-19-17-16(23-11-24-19)14(18(21)27)6-7-22-17/h2-7,11,15H,1,8-10H2,(H2,21,27)(H,23,24,25). The Bertz CT molecular complexity index is 974. The average Bonchev–Trinajstić information content (AvgIpc) is 2.64. The molecule has 0 saturated carbocycles. The molecule has 1 unspecified atom stereocenters. The molecule has 8 heteroatoms. The molecule has 0 spiro atoms. The zero-order valence-electron chi connectivity index (χ0n) is 14.6. The summed E-state index contributed by atoms with van der Waals surface area (Å²) in [7, 11) is 0. The van der Waals surface area contributed by atoms with E-state index in [0.29, 0.717) is 27.4 Å². The van der Waals surface area contributed by atoms with Gasteiger partial charge in [0.2, 0.25) is 0 Å². The molecule has 27 heavy (non-hydrogen) atoms. The van der Waals surface area contributed by atoms with Crippen LogP contribution in [-0.4, -0.2) is 45.4 Å². The van der Waals surface area contributed by atoms with E-state index in [0.717, 1.165) is 25.2 Å². The molecule has 3 heterocycles. The third kappa shape index (κ3) is 3.70. The first-order valence-corrected chi connectivity index (χ1v) is 9.13. The summed E-state index contributed by atoms with van der Waals surface area (Å²) in [5.41, 5.74) is 7.86. The fourth-order valence-electron chi connectivity index (χ4n) is 3.18. The summed E-state index contributed by atoms with van der Waals surface area (Å²) in [6.45, 7) is 3.00. The number of carbonyl (C=O) groups is 1. The zero-order chi connectivity index (χ0) is 18.8. The molecule has 3 N–H and O–H groups in total. The topological polar surface area (TPSA) is 97.0 Å². The van der Waals surface area contributed by atoms with Crippen LogP contribution in [-0.2, 0) is 0 Å². The van der Waals surface area contributed by atoms with E-state index < -0.39 is 5.91 Å². The zero-order valence-corrected chi connectivity index (χ0v) is 15.4. The molecule has 0 bridgehead atoms. The number of nitrogens with two attached hydrogens (primary N) is 1. The minimum atomic E-state index is -0.540. The maximum atomic E-state index is 11.7. The van der Waals surface area contributed by atoms with Crippen molar-refractivity contribution < 1.29 is 4.79 Å². The molecule has 1 atom stereocenters. The Labute approximate surface area is 161 Å². The Morgan fingerprint density at radius 2 is 1.93 bits per heavy atom. The monoisotopic (exact) mass is 382 g/mol. The van der Waals surface area contributed by atoms with Gasteiger partial charge in [0.15, 0.2) is 5.82 Å². The van der Waals surface area contributed by atoms with Gasteiger partial charge in [-0.15, -0.1) is 0 Å². The Morgan fingerprint density at radius 3 is 2.59 bits per heavy atom. The molecule has 1 saturated heterocycles. The smallest absolute Gasteiger partial charge is 0.251 e. The van der Waals surface area contributed by atoms with E-state index in [2.05, 4.69) is 25.2 Å². The quantitative estimate of drug-likeness (QED) is 0.680. The molecule has 3 aromatic rings. The number of carbonyl (C=O) groups excluding carboxylic acids is 1. The molecule has 138 valence electrons. The van der Waals surface area contributed by atoms with Crippen molar-refractivity contribution in [2.75, 3.05) is 25.0 Å². The van der Waals surface area contributed by atoms with Gasteiger partial charge < -0.3 is 16.0 Å². The molecule has 1 aromatic carbocycles. The van der Waals surface area contributed by atoms with Gasteiger partial charge in [0.25, 0.3) is 5.91 Å². The summed E-state index contributed by atoms with van der Waals surface area (Å²) in [5, 5.41) is 4.17. The summed E-state index contributed by atoms with van der Waals surface area (Å²) >= 11 is 6.04. The third-order valence-electron chi connectivity index (χ3n) is 4.76. The summed E-state index contributed by atoms with van der Waals surface area (Å²) in [4.78, 5) is 27.0. The number of hydrogen-bond acceptors (Lipinski definition) is 6. The van der Waals surface area contributed by atoms with Gasteiger partial charge in [-0.2, -0.15) is 0 Å². The molecule has 1 aliphatic heterocycles. The highest BCUT2D eigenvalue weighted by atomic mass is 35.5. The van der Waals surface area contributed by atoms with E-state index in [9.17, 15) is 4.79 Å². The predicted molar refractivity (Wildman–Crippen MR) is 105 cm³/mol. The van der Waals surface area contributed by atoms with Crippen molar-refractivity contribution in [3.63, 3.8) is 0 Å². The first-order chi connectivity index (χ1) is 13.1. The van der Waals surface area contributed by atoms with Crippen LogP contribution in [0.4, 0.5) is 5.82 Å². The number of anilines is 1. The number of benzene rings is 1. The molecule has 1 fully saturated rings. The van der Waals surface area contributed by atoms with Crippen LogP contribution in [0.15, 0.2) is 42.9 Å². The van der Waals surface area contributed by atoms with Crippen LogP contribution in [0.5, 0.6) is 0 Å². The van der Waals surface area contributed by atoms with Crippen LogP contribution < -0.4 is 11.1 Å². The van der Waals surface area contributed by atoms with Crippen molar-refractivity contribution in [3.8, 4) is 0 Å². The number of fused-ring (bicyclic) bond motifs is 1. The van der Waals surface area contributed by atoms with Crippen LogP contribution in [0.1, 0.15) is 28.4 Å². The number of amides is 1. The summed E-state index contributed by atoms with van der Waals surface area (Å²) in [5.74, 6) is 0.0328. The fraction of sp³-hybridized carbons (Fsp3) is 0.263. The van der Waals surface area contributed by atoms with Crippen LogP contribution in [0.3, 0.4) is 0 Å². The Balaban J connectivity index is 1.71. The van der Waals surface area contributed by atoms with E-state index >= 15 is 0 Å². The number of primary amides is 1. The van der Waals surface area contributed by atoms with Gasteiger partial charge in [-0.1, -0.05) is 23.7 Å². The molecule has 4 rings (SSSR count). The maximum absolute atomic E-state index is 11.7.